The molecule has 0 spiro atoms. The van der Waals surface area contributed by atoms with Crippen LogP contribution in [0.5, 0.6) is 0 Å². The van der Waals surface area contributed by atoms with Crippen LogP contribution in [0.25, 0.3) is 17.2 Å². The van der Waals surface area contributed by atoms with E-state index >= 15 is 0 Å². The van der Waals surface area contributed by atoms with Crippen molar-refractivity contribution < 1.29 is 17.2 Å². The Kier molecular flexibility index (Phi) is 3.71. The van der Waals surface area contributed by atoms with E-state index in [0.29, 0.717) is 16.7 Å². The maximum absolute atomic E-state index is 13.3. The van der Waals surface area contributed by atoms with Gasteiger partial charge >= 0.3 is 0 Å². The third-order valence-electron chi connectivity index (χ3n) is 2.83. The molecule has 1 heterocycles. The molecule has 2 rings (SSSR count). The molecular weight excluding hydrogens is 286 g/mol. The van der Waals surface area contributed by atoms with Crippen LogP contribution in [0.15, 0.2) is 31.1 Å². The third kappa shape index (κ3) is 2.49. The van der Waals surface area contributed by atoms with Gasteiger partial charge in [-0.05, 0) is 30.2 Å². The summed E-state index contributed by atoms with van der Waals surface area (Å²) in [6, 6.07) is 2.00. The van der Waals surface area contributed by atoms with Gasteiger partial charge in [0.15, 0.2) is 11.6 Å². The zero-order chi connectivity index (χ0) is 14.9. The molecule has 0 saturated heterocycles. The average Bonchev–Trinajstić information content (AvgIpc) is 2.91. The monoisotopic (exact) mass is 298 g/mol. The topological polar surface area (TPSA) is 52.0 Å². The molecule has 1 aromatic carbocycles. The highest BCUT2D eigenvalue weighted by molar-refractivity contribution is 7.89. The largest absolute Gasteiger partial charge is 0.253 e. The highest BCUT2D eigenvalue weighted by atomic mass is 32.2. The lowest BCUT2D eigenvalue weighted by atomic mass is 10.0. The molecule has 0 amide bonds. The van der Waals surface area contributed by atoms with E-state index < -0.39 is 21.7 Å². The fraction of sp³-hybridized carbons (Fsp3) is 0.154. The minimum absolute atomic E-state index is 0.111. The molecule has 4 nitrogen and oxygen atoms in total. The molecule has 2 aromatic rings. The molecule has 0 fully saturated rings. The summed E-state index contributed by atoms with van der Waals surface area (Å²) in [7, 11) is -3.51. The molecule has 0 N–H and O–H groups in total. The Hall–Kier alpha value is -2.02. The zero-order valence-electron chi connectivity index (χ0n) is 10.7. The standard InChI is InChI=1S/C13H12F2N2O2S/c1-3-9-5-12(14)13(15)6-11(9)10-7-16-17(8-10)20(18,19)4-2/h3,5-8H,1,4H2,2H3. The van der Waals surface area contributed by atoms with Crippen molar-refractivity contribution in [1.29, 1.82) is 0 Å². The van der Waals surface area contributed by atoms with Gasteiger partial charge in [-0.2, -0.15) is 9.19 Å². The van der Waals surface area contributed by atoms with Crippen LogP contribution in [0.4, 0.5) is 8.78 Å². The summed E-state index contributed by atoms with van der Waals surface area (Å²) in [5, 5.41) is 3.74. The number of aromatic nitrogens is 2. The third-order valence-corrected chi connectivity index (χ3v) is 4.33. The van der Waals surface area contributed by atoms with Crippen molar-refractivity contribution in [2.75, 3.05) is 5.75 Å². The van der Waals surface area contributed by atoms with Gasteiger partial charge in [-0.1, -0.05) is 12.7 Å². The second-order valence-electron chi connectivity index (χ2n) is 4.06. The van der Waals surface area contributed by atoms with E-state index in [-0.39, 0.29) is 5.75 Å². The maximum Gasteiger partial charge on any atom is 0.253 e. The van der Waals surface area contributed by atoms with Crippen LogP contribution in [-0.4, -0.2) is 23.4 Å². The zero-order valence-corrected chi connectivity index (χ0v) is 11.5. The van der Waals surface area contributed by atoms with Gasteiger partial charge < -0.3 is 0 Å². The van der Waals surface area contributed by atoms with Crippen LogP contribution in [-0.2, 0) is 10.0 Å². The van der Waals surface area contributed by atoms with Crippen LogP contribution in [0.1, 0.15) is 12.5 Å². The highest BCUT2D eigenvalue weighted by Gasteiger charge is 2.15. The first-order valence-corrected chi connectivity index (χ1v) is 7.39. The molecule has 0 atom stereocenters. The van der Waals surface area contributed by atoms with Gasteiger partial charge in [-0.15, -0.1) is 0 Å². The maximum atomic E-state index is 13.3. The van der Waals surface area contributed by atoms with Gasteiger partial charge in [0.2, 0.25) is 0 Å². The summed E-state index contributed by atoms with van der Waals surface area (Å²) in [6.45, 7) is 5.01. The van der Waals surface area contributed by atoms with Crippen LogP contribution < -0.4 is 0 Å². The molecule has 0 saturated carbocycles. The fourth-order valence-corrected chi connectivity index (χ4v) is 2.44. The lowest BCUT2D eigenvalue weighted by molar-refractivity contribution is 0.509. The number of nitrogens with zero attached hydrogens (tertiary/aromatic N) is 2. The quantitative estimate of drug-likeness (QED) is 0.872. The van der Waals surface area contributed by atoms with Gasteiger partial charge in [-0.3, -0.25) is 0 Å². The number of benzene rings is 1. The first-order valence-electron chi connectivity index (χ1n) is 5.79. The van der Waals surface area contributed by atoms with E-state index in [9.17, 15) is 17.2 Å². The van der Waals surface area contributed by atoms with Crippen molar-refractivity contribution >= 4 is 16.1 Å². The van der Waals surface area contributed by atoms with Crippen LogP contribution in [0.3, 0.4) is 0 Å². The summed E-state index contributed by atoms with van der Waals surface area (Å²) >= 11 is 0. The minimum atomic E-state index is -3.51. The predicted molar refractivity (Wildman–Crippen MR) is 72.5 cm³/mol. The van der Waals surface area contributed by atoms with Crippen molar-refractivity contribution in [3.05, 3.63) is 48.3 Å². The Morgan fingerprint density at radius 1 is 1.35 bits per heavy atom. The number of hydrogen-bond donors (Lipinski definition) is 0. The van der Waals surface area contributed by atoms with Gasteiger partial charge in [0.05, 0.1) is 18.1 Å². The molecule has 0 unspecified atom stereocenters. The summed E-state index contributed by atoms with van der Waals surface area (Å²) in [4.78, 5) is 0. The van der Waals surface area contributed by atoms with Crippen molar-refractivity contribution in [3.8, 4) is 11.1 Å². The fourth-order valence-electron chi connectivity index (χ4n) is 1.71. The number of rotatable bonds is 4. The number of halogens is 2. The molecule has 0 aliphatic heterocycles. The van der Waals surface area contributed by atoms with E-state index in [1.807, 2.05) is 0 Å². The normalized spacial score (nSPS) is 11.6. The van der Waals surface area contributed by atoms with Gasteiger partial charge in [0.1, 0.15) is 0 Å². The molecule has 0 bridgehead atoms. The van der Waals surface area contributed by atoms with Gasteiger partial charge in [0, 0.05) is 5.56 Å². The highest BCUT2D eigenvalue weighted by Crippen LogP contribution is 2.27. The molecule has 7 heteroatoms. The van der Waals surface area contributed by atoms with E-state index in [1.165, 1.54) is 25.4 Å². The number of hydrogen-bond acceptors (Lipinski definition) is 3. The van der Waals surface area contributed by atoms with Crippen molar-refractivity contribution in [3.63, 3.8) is 0 Å². The van der Waals surface area contributed by atoms with E-state index in [2.05, 4.69) is 11.7 Å². The Balaban J connectivity index is 2.58. The molecule has 20 heavy (non-hydrogen) atoms. The second kappa shape index (κ2) is 5.16. The molecule has 0 aliphatic rings. The van der Waals surface area contributed by atoms with Gasteiger partial charge in [-0.25, -0.2) is 17.2 Å². The molecule has 106 valence electrons. The van der Waals surface area contributed by atoms with Gasteiger partial charge in [0.25, 0.3) is 10.0 Å². The van der Waals surface area contributed by atoms with E-state index in [4.69, 9.17) is 0 Å². The Morgan fingerprint density at radius 2 is 2.00 bits per heavy atom. The first-order chi connectivity index (χ1) is 9.39. The first kappa shape index (κ1) is 14.4. The SMILES string of the molecule is C=Cc1cc(F)c(F)cc1-c1cnn(S(=O)(=O)CC)c1. The summed E-state index contributed by atoms with van der Waals surface area (Å²) < 4.78 is 50.7. The Labute approximate surface area is 115 Å². The van der Waals surface area contributed by atoms with E-state index in [0.717, 1.165) is 16.2 Å². The summed E-state index contributed by atoms with van der Waals surface area (Å²) in [5.74, 6) is -2.12. The smallest absolute Gasteiger partial charge is 0.205 e. The van der Waals surface area contributed by atoms with Crippen LogP contribution in [0.2, 0.25) is 0 Å². The Morgan fingerprint density at radius 3 is 2.60 bits per heavy atom. The summed E-state index contributed by atoms with van der Waals surface area (Å²) in [6.07, 6.45) is 3.91. The average molecular weight is 298 g/mol. The van der Waals surface area contributed by atoms with Crippen LogP contribution in [0, 0.1) is 11.6 Å². The lowest BCUT2D eigenvalue weighted by Crippen LogP contribution is -2.14. The predicted octanol–water partition coefficient (Wildman–Crippen LogP) is 2.67. The Bertz CT molecular complexity index is 767. The van der Waals surface area contributed by atoms with Crippen molar-refractivity contribution in [2.24, 2.45) is 0 Å². The molecule has 1 aromatic heterocycles. The van der Waals surface area contributed by atoms with Crippen LogP contribution >= 0.6 is 0 Å². The minimum Gasteiger partial charge on any atom is -0.205 e. The second-order valence-corrected chi connectivity index (χ2v) is 6.18. The lowest BCUT2D eigenvalue weighted by Gasteiger charge is -2.05. The molecule has 0 aliphatic carbocycles. The van der Waals surface area contributed by atoms with Crippen molar-refractivity contribution in [1.82, 2.24) is 9.19 Å². The molecular formula is C13H12F2N2O2S. The molecule has 0 radical (unpaired) electrons. The summed E-state index contributed by atoms with van der Waals surface area (Å²) in [5.41, 5.74) is 1.06. The van der Waals surface area contributed by atoms with E-state index in [1.54, 1.807) is 0 Å². The van der Waals surface area contributed by atoms with Crippen molar-refractivity contribution in [2.45, 2.75) is 6.92 Å².